The molecule has 2 aromatic rings. The molecular formula is C12H10ClNO. The molecule has 2 nitrogen and oxygen atoms in total. The molecule has 0 N–H and O–H groups in total. The van der Waals surface area contributed by atoms with Gasteiger partial charge in [-0.05, 0) is 26.0 Å². The molecule has 0 saturated heterocycles. The fourth-order valence-corrected chi connectivity index (χ4v) is 1.85. The van der Waals surface area contributed by atoms with Crippen molar-refractivity contribution in [3.05, 3.63) is 40.5 Å². The summed E-state index contributed by atoms with van der Waals surface area (Å²) in [4.78, 5) is 15.8. The maximum Gasteiger partial charge on any atom is 0.160 e. The van der Waals surface area contributed by atoms with Crippen LogP contribution in [0.25, 0.3) is 10.9 Å². The van der Waals surface area contributed by atoms with Gasteiger partial charge in [-0.1, -0.05) is 23.7 Å². The Morgan fingerprint density at radius 1 is 1.40 bits per heavy atom. The van der Waals surface area contributed by atoms with E-state index in [1.165, 1.54) is 0 Å². The summed E-state index contributed by atoms with van der Waals surface area (Å²) in [7, 11) is 0. The normalized spacial score (nSPS) is 10.6. The zero-order chi connectivity index (χ0) is 11.0. The minimum Gasteiger partial charge on any atom is -0.294 e. The monoisotopic (exact) mass is 219 g/mol. The van der Waals surface area contributed by atoms with Gasteiger partial charge in [-0.3, -0.25) is 9.78 Å². The Balaban J connectivity index is 2.92. The number of hydrogen-bond acceptors (Lipinski definition) is 2. The Labute approximate surface area is 92.9 Å². The highest BCUT2D eigenvalue weighted by Gasteiger charge is 2.09. The fourth-order valence-electron chi connectivity index (χ4n) is 1.63. The Bertz CT molecular complexity index is 549. The van der Waals surface area contributed by atoms with E-state index in [0.717, 1.165) is 11.1 Å². The van der Waals surface area contributed by atoms with E-state index >= 15 is 0 Å². The molecule has 1 aromatic heterocycles. The van der Waals surface area contributed by atoms with Crippen molar-refractivity contribution < 1.29 is 4.79 Å². The SMILES string of the molecule is CC(=O)c1cc(C)nc2c(Cl)cccc12. The number of Topliss-reactive ketones (excluding diaryl/α,β-unsaturated/α-hetero) is 1. The molecule has 76 valence electrons. The second-order valence-corrected chi connectivity index (χ2v) is 3.91. The number of halogens is 1. The van der Waals surface area contributed by atoms with Gasteiger partial charge in [0.15, 0.2) is 5.78 Å². The van der Waals surface area contributed by atoms with Crippen LogP contribution in [0.15, 0.2) is 24.3 Å². The Hall–Kier alpha value is -1.41. The van der Waals surface area contributed by atoms with Crippen LogP contribution in [0.2, 0.25) is 5.02 Å². The molecule has 0 saturated carbocycles. The minimum absolute atomic E-state index is 0.0350. The standard InChI is InChI=1S/C12H10ClNO/c1-7-6-10(8(2)15)9-4-3-5-11(13)12(9)14-7/h3-6H,1-2H3. The number of benzene rings is 1. The number of pyridine rings is 1. The highest BCUT2D eigenvalue weighted by Crippen LogP contribution is 2.25. The van der Waals surface area contributed by atoms with E-state index in [4.69, 9.17) is 11.6 Å². The van der Waals surface area contributed by atoms with Gasteiger partial charge >= 0.3 is 0 Å². The summed E-state index contributed by atoms with van der Waals surface area (Å²) in [6.45, 7) is 3.41. The first-order chi connectivity index (χ1) is 7.09. The number of ketones is 1. The van der Waals surface area contributed by atoms with E-state index in [9.17, 15) is 4.79 Å². The topological polar surface area (TPSA) is 30.0 Å². The molecule has 0 radical (unpaired) electrons. The average Bonchev–Trinajstić information content (AvgIpc) is 2.18. The number of para-hydroxylation sites is 1. The third-order valence-electron chi connectivity index (χ3n) is 2.30. The van der Waals surface area contributed by atoms with E-state index in [1.54, 1.807) is 19.1 Å². The van der Waals surface area contributed by atoms with Gasteiger partial charge < -0.3 is 0 Å². The highest BCUT2D eigenvalue weighted by molar-refractivity contribution is 6.35. The van der Waals surface area contributed by atoms with Crippen molar-refractivity contribution >= 4 is 28.3 Å². The van der Waals surface area contributed by atoms with Gasteiger partial charge in [-0.2, -0.15) is 0 Å². The molecule has 0 fully saturated rings. The Kier molecular flexibility index (Phi) is 2.45. The summed E-state index contributed by atoms with van der Waals surface area (Å²) in [6, 6.07) is 7.26. The van der Waals surface area contributed by atoms with Gasteiger partial charge in [0.25, 0.3) is 0 Å². The number of rotatable bonds is 1. The third kappa shape index (κ3) is 1.73. The molecule has 15 heavy (non-hydrogen) atoms. The van der Waals surface area contributed by atoms with Crippen LogP contribution < -0.4 is 0 Å². The number of carbonyl (C=O) groups excluding carboxylic acids is 1. The molecule has 0 aliphatic rings. The van der Waals surface area contributed by atoms with Gasteiger partial charge in [-0.15, -0.1) is 0 Å². The van der Waals surface area contributed by atoms with Crippen molar-refractivity contribution in [2.75, 3.05) is 0 Å². The number of aromatic nitrogens is 1. The molecule has 0 bridgehead atoms. The maximum absolute atomic E-state index is 11.5. The molecule has 0 spiro atoms. The van der Waals surface area contributed by atoms with Crippen LogP contribution in [-0.4, -0.2) is 10.8 Å². The quantitative estimate of drug-likeness (QED) is 0.688. The van der Waals surface area contributed by atoms with Gasteiger partial charge in [0.05, 0.1) is 10.5 Å². The third-order valence-corrected chi connectivity index (χ3v) is 2.60. The first-order valence-corrected chi connectivity index (χ1v) is 5.04. The average molecular weight is 220 g/mol. The minimum atomic E-state index is 0.0350. The first-order valence-electron chi connectivity index (χ1n) is 4.66. The molecule has 1 aromatic carbocycles. The van der Waals surface area contributed by atoms with Crippen LogP contribution in [0.5, 0.6) is 0 Å². The van der Waals surface area contributed by atoms with E-state index in [0.29, 0.717) is 16.1 Å². The number of nitrogens with zero attached hydrogens (tertiary/aromatic N) is 1. The Morgan fingerprint density at radius 3 is 2.80 bits per heavy atom. The molecule has 0 aliphatic carbocycles. The largest absolute Gasteiger partial charge is 0.294 e. The van der Waals surface area contributed by atoms with Crippen molar-refractivity contribution in [3.8, 4) is 0 Å². The predicted molar refractivity (Wildman–Crippen MR) is 61.5 cm³/mol. The highest BCUT2D eigenvalue weighted by atomic mass is 35.5. The smallest absolute Gasteiger partial charge is 0.160 e. The van der Waals surface area contributed by atoms with Crippen molar-refractivity contribution in [3.63, 3.8) is 0 Å². The van der Waals surface area contributed by atoms with Crippen LogP contribution in [-0.2, 0) is 0 Å². The number of hydrogen-bond donors (Lipinski definition) is 0. The second-order valence-electron chi connectivity index (χ2n) is 3.50. The van der Waals surface area contributed by atoms with Crippen LogP contribution in [0.1, 0.15) is 23.0 Å². The number of fused-ring (bicyclic) bond motifs is 1. The summed E-state index contributed by atoms with van der Waals surface area (Å²) in [5.41, 5.74) is 2.19. The summed E-state index contributed by atoms with van der Waals surface area (Å²) in [6.07, 6.45) is 0. The molecule has 0 atom stereocenters. The van der Waals surface area contributed by atoms with E-state index < -0.39 is 0 Å². The second kappa shape index (κ2) is 3.63. The van der Waals surface area contributed by atoms with Crippen molar-refractivity contribution in [2.24, 2.45) is 0 Å². The predicted octanol–water partition coefficient (Wildman–Crippen LogP) is 3.40. The van der Waals surface area contributed by atoms with Crippen LogP contribution in [0.4, 0.5) is 0 Å². The lowest BCUT2D eigenvalue weighted by atomic mass is 10.1. The lowest BCUT2D eigenvalue weighted by molar-refractivity contribution is 0.101. The van der Waals surface area contributed by atoms with Crippen molar-refractivity contribution in [1.82, 2.24) is 4.98 Å². The number of carbonyl (C=O) groups is 1. The number of aryl methyl sites for hydroxylation is 1. The summed E-state index contributed by atoms with van der Waals surface area (Å²) in [5.74, 6) is 0.0350. The van der Waals surface area contributed by atoms with Gasteiger partial charge in [-0.25, -0.2) is 0 Å². The summed E-state index contributed by atoms with van der Waals surface area (Å²) >= 11 is 6.03. The van der Waals surface area contributed by atoms with E-state index in [2.05, 4.69) is 4.98 Å². The summed E-state index contributed by atoms with van der Waals surface area (Å²) in [5, 5.41) is 1.40. The fraction of sp³-hybridized carbons (Fsp3) is 0.167. The van der Waals surface area contributed by atoms with Crippen molar-refractivity contribution in [1.29, 1.82) is 0 Å². The zero-order valence-electron chi connectivity index (χ0n) is 8.54. The molecule has 0 aliphatic heterocycles. The molecule has 3 heteroatoms. The van der Waals surface area contributed by atoms with Gasteiger partial charge in [0.1, 0.15) is 0 Å². The lowest BCUT2D eigenvalue weighted by Gasteiger charge is -2.05. The zero-order valence-corrected chi connectivity index (χ0v) is 9.30. The molecule has 0 unspecified atom stereocenters. The summed E-state index contributed by atoms with van der Waals surface area (Å²) < 4.78 is 0. The maximum atomic E-state index is 11.5. The molecule has 1 heterocycles. The first kappa shape index (κ1) is 10.1. The van der Waals surface area contributed by atoms with Crippen LogP contribution >= 0.6 is 11.6 Å². The lowest BCUT2D eigenvalue weighted by Crippen LogP contribution is -1.97. The molecular weight excluding hydrogens is 210 g/mol. The van der Waals surface area contributed by atoms with Gasteiger partial charge in [0, 0.05) is 16.6 Å². The van der Waals surface area contributed by atoms with Crippen molar-refractivity contribution in [2.45, 2.75) is 13.8 Å². The molecule has 2 rings (SSSR count). The van der Waals surface area contributed by atoms with E-state index in [1.807, 2.05) is 19.1 Å². The van der Waals surface area contributed by atoms with Crippen LogP contribution in [0.3, 0.4) is 0 Å². The molecule has 0 amide bonds. The van der Waals surface area contributed by atoms with E-state index in [-0.39, 0.29) is 5.78 Å². The van der Waals surface area contributed by atoms with Gasteiger partial charge in [0.2, 0.25) is 0 Å². The Morgan fingerprint density at radius 2 is 2.13 bits per heavy atom. The van der Waals surface area contributed by atoms with Crippen LogP contribution in [0, 0.1) is 6.92 Å².